The fourth-order valence-electron chi connectivity index (χ4n) is 2.43. The zero-order valence-electron chi connectivity index (χ0n) is 10.9. The highest BCUT2D eigenvalue weighted by molar-refractivity contribution is 7.89. The standard InChI is InChI=1S/C11H19N5O2S/c1-8-14-6-11(15-8)19(17,18)16(7-10(12)13)9-4-2-3-5-9/h6,9H,2-5,7H2,1H3,(H3,12,13)(H,14,15). The van der Waals surface area contributed by atoms with Crippen LogP contribution in [0.3, 0.4) is 0 Å². The summed E-state index contributed by atoms with van der Waals surface area (Å²) in [5, 5.41) is 7.45. The minimum absolute atomic E-state index is 0.0644. The summed E-state index contributed by atoms with van der Waals surface area (Å²) in [6.07, 6.45) is 4.97. The van der Waals surface area contributed by atoms with Crippen LogP contribution in [0.2, 0.25) is 0 Å². The van der Waals surface area contributed by atoms with Crippen LogP contribution in [0.25, 0.3) is 0 Å². The number of aryl methyl sites for hydroxylation is 1. The molecule has 2 rings (SSSR count). The van der Waals surface area contributed by atoms with Crippen molar-refractivity contribution < 1.29 is 8.42 Å². The molecule has 1 saturated carbocycles. The lowest BCUT2D eigenvalue weighted by Gasteiger charge is -2.26. The molecule has 0 amide bonds. The highest BCUT2D eigenvalue weighted by Gasteiger charge is 2.34. The van der Waals surface area contributed by atoms with E-state index in [9.17, 15) is 8.42 Å². The van der Waals surface area contributed by atoms with Crippen molar-refractivity contribution in [1.29, 1.82) is 5.41 Å². The van der Waals surface area contributed by atoms with E-state index in [0.717, 1.165) is 25.7 Å². The summed E-state index contributed by atoms with van der Waals surface area (Å²) in [4.78, 5) is 6.67. The van der Waals surface area contributed by atoms with Crippen LogP contribution in [0, 0.1) is 12.3 Å². The topological polar surface area (TPSA) is 116 Å². The molecule has 0 saturated heterocycles. The number of nitrogens with one attached hydrogen (secondary N) is 2. The van der Waals surface area contributed by atoms with Gasteiger partial charge in [0, 0.05) is 6.04 Å². The number of H-pyrrole nitrogens is 1. The van der Waals surface area contributed by atoms with Crippen molar-refractivity contribution in [3.63, 3.8) is 0 Å². The van der Waals surface area contributed by atoms with Gasteiger partial charge in [-0.3, -0.25) is 5.41 Å². The number of amidine groups is 1. The van der Waals surface area contributed by atoms with Crippen molar-refractivity contribution in [1.82, 2.24) is 14.3 Å². The number of nitrogens with two attached hydrogens (primary N) is 1. The normalized spacial score (nSPS) is 17.2. The van der Waals surface area contributed by atoms with Crippen molar-refractivity contribution in [2.45, 2.75) is 43.7 Å². The van der Waals surface area contributed by atoms with Crippen LogP contribution in [0.15, 0.2) is 11.2 Å². The highest BCUT2D eigenvalue weighted by atomic mass is 32.2. The molecule has 0 bridgehead atoms. The van der Waals surface area contributed by atoms with E-state index in [-0.39, 0.29) is 23.4 Å². The van der Waals surface area contributed by atoms with E-state index in [1.54, 1.807) is 6.92 Å². The molecule has 1 aliphatic carbocycles. The number of aromatic nitrogens is 2. The molecule has 106 valence electrons. The molecule has 8 heteroatoms. The maximum absolute atomic E-state index is 12.6. The minimum atomic E-state index is -3.66. The van der Waals surface area contributed by atoms with Crippen LogP contribution >= 0.6 is 0 Å². The Hall–Kier alpha value is -1.41. The molecule has 0 spiro atoms. The summed E-state index contributed by atoms with van der Waals surface area (Å²) in [5.41, 5.74) is 5.39. The Morgan fingerprint density at radius 3 is 2.68 bits per heavy atom. The van der Waals surface area contributed by atoms with Crippen LogP contribution in [-0.4, -0.2) is 41.1 Å². The van der Waals surface area contributed by atoms with Crippen molar-refractivity contribution in [3.8, 4) is 0 Å². The monoisotopic (exact) mass is 285 g/mol. The quantitative estimate of drug-likeness (QED) is 0.542. The minimum Gasteiger partial charge on any atom is -0.387 e. The van der Waals surface area contributed by atoms with Gasteiger partial charge in [0.1, 0.15) is 11.7 Å². The molecule has 1 fully saturated rings. The molecule has 1 aromatic heterocycles. The largest absolute Gasteiger partial charge is 0.387 e. The smallest absolute Gasteiger partial charge is 0.260 e. The molecule has 1 aliphatic rings. The molecule has 19 heavy (non-hydrogen) atoms. The molecule has 1 aromatic rings. The molecule has 0 aromatic carbocycles. The van der Waals surface area contributed by atoms with E-state index in [1.807, 2.05) is 0 Å². The first-order valence-corrected chi connectivity index (χ1v) is 7.71. The van der Waals surface area contributed by atoms with E-state index in [2.05, 4.69) is 9.97 Å². The summed E-state index contributed by atoms with van der Waals surface area (Å²) >= 11 is 0. The third-order valence-corrected chi connectivity index (χ3v) is 5.13. The van der Waals surface area contributed by atoms with Gasteiger partial charge in [-0.2, -0.15) is 4.31 Å². The molecule has 4 N–H and O–H groups in total. The summed E-state index contributed by atoms with van der Waals surface area (Å²) < 4.78 is 26.5. The molecule has 0 aliphatic heterocycles. The highest BCUT2D eigenvalue weighted by Crippen LogP contribution is 2.27. The van der Waals surface area contributed by atoms with Gasteiger partial charge < -0.3 is 10.7 Å². The van der Waals surface area contributed by atoms with Crippen LogP contribution in [-0.2, 0) is 10.0 Å². The Bertz CT molecular complexity index is 559. The Balaban J connectivity index is 2.33. The number of sulfonamides is 1. The van der Waals surface area contributed by atoms with Crippen molar-refractivity contribution in [3.05, 3.63) is 12.0 Å². The zero-order valence-corrected chi connectivity index (χ0v) is 11.7. The number of hydrogen-bond acceptors (Lipinski definition) is 4. The molecular formula is C11H19N5O2S. The number of aromatic amines is 1. The second-order valence-electron chi connectivity index (χ2n) is 4.85. The van der Waals surface area contributed by atoms with Crippen LogP contribution in [0.4, 0.5) is 0 Å². The lowest BCUT2D eigenvalue weighted by molar-refractivity contribution is 0.352. The average molecular weight is 285 g/mol. The summed E-state index contributed by atoms with van der Waals surface area (Å²) in [6, 6.07) is -0.0718. The third-order valence-electron chi connectivity index (χ3n) is 3.32. The molecule has 0 atom stereocenters. The van der Waals surface area contributed by atoms with E-state index in [1.165, 1.54) is 10.5 Å². The SMILES string of the molecule is Cc1ncc(S(=O)(=O)N(CC(=N)N)C2CCCC2)[nH]1. The Morgan fingerprint density at radius 2 is 2.21 bits per heavy atom. The van der Waals surface area contributed by atoms with Gasteiger partial charge >= 0.3 is 0 Å². The number of imidazole rings is 1. The summed E-state index contributed by atoms with van der Waals surface area (Å²) in [6.45, 7) is 1.63. The van der Waals surface area contributed by atoms with Crippen molar-refractivity contribution in [2.24, 2.45) is 5.73 Å². The Labute approximate surface area is 112 Å². The van der Waals surface area contributed by atoms with Crippen LogP contribution < -0.4 is 5.73 Å². The lowest BCUT2D eigenvalue weighted by Crippen LogP contribution is -2.44. The Morgan fingerprint density at radius 1 is 1.58 bits per heavy atom. The van der Waals surface area contributed by atoms with Gasteiger partial charge in [0.2, 0.25) is 0 Å². The maximum atomic E-state index is 12.6. The van der Waals surface area contributed by atoms with Gasteiger partial charge in [-0.15, -0.1) is 0 Å². The fraction of sp³-hybridized carbons (Fsp3) is 0.636. The average Bonchev–Trinajstić information content (AvgIpc) is 2.96. The van der Waals surface area contributed by atoms with E-state index in [0.29, 0.717) is 5.82 Å². The number of nitrogens with zero attached hydrogens (tertiary/aromatic N) is 2. The van der Waals surface area contributed by atoms with Gasteiger partial charge in [-0.05, 0) is 19.8 Å². The number of rotatable bonds is 5. The molecule has 0 radical (unpaired) electrons. The van der Waals surface area contributed by atoms with Crippen LogP contribution in [0.5, 0.6) is 0 Å². The first-order valence-electron chi connectivity index (χ1n) is 6.27. The predicted octanol–water partition coefficient (Wildman–Crippen LogP) is 0.587. The van der Waals surface area contributed by atoms with Gasteiger partial charge in [-0.1, -0.05) is 12.8 Å². The third kappa shape index (κ3) is 2.95. The predicted molar refractivity (Wildman–Crippen MR) is 71.4 cm³/mol. The first-order chi connectivity index (χ1) is 8.91. The van der Waals surface area contributed by atoms with Gasteiger partial charge in [0.15, 0.2) is 5.03 Å². The zero-order chi connectivity index (χ0) is 14.0. The van der Waals surface area contributed by atoms with Crippen molar-refractivity contribution in [2.75, 3.05) is 6.54 Å². The van der Waals surface area contributed by atoms with E-state index < -0.39 is 10.0 Å². The second-order valence-corrected chi connectivity index (χ2v) is 6.71. The molecule has 7 nitrogen and oxygen atoms in total. The van der Waals surface area contributed by atoms with Gasteiger partial charge in [-0.25, -0.2) is 13.4 Å². The molecular weight excluding hydrogens is 266 g/mol. The van der Waals surface area contributed by atoms with Gasteiger partial charge in [0.25, 0.3) is 10.0 Å². The Kier molecular flexibility index (Phi) is 3.91. The summed E-state index contributed by atoms with van der Waals surface area (Å²) in [7, 11) is -3.66. The second kappa shape index (κ2) is 5.30. The lowest BCUT2D eigenvalue weighted by atomic mass is 10.2. The van der Waals surface area contributed by atoms with Crippen LogP contribution in [0.1, 0.15) is 31.5 Å². The summed E-state index contributed by atoms with van der Waals surface area (Å²) in [5.74, 6) is 0.402. The molecule has 1 heterocycles. The molecule has 0 unspecified atom stereocenters. The maximum Gasteiger partial charge on any atom is 0.260 e. The van der Waals surface area contributed by atoms with Crippen molar-refractivity contribution >= 4 is 15.9 Å². The first kappa shape index (κ1) is 14.0. The van der Waals surface area contributed by atoms with Gasteiger partial charge in [0.05, 0.1) is 12.7 Å². The fourth-order valence-corrected chi connectivity index (χ4v) is 4.05. The number of hydrogen-bond donors (Lipinski definition) is 3. The van der Waals surface area contributed by atoms with E-state index in [4.69, 9.17) is 11.1 Å². The van der Waals surface area contributed by atoms with E-state index >= 15 is 0 Å².